The van der Waals surface area contributed by atoms with Crippen LogP contribution in [0.4, 0.5) is 5.82 Å². The summed E-state index contributed by atoms with van der Waals surface area (Å²) in [4.78, 5) is 22.0. The van der Waals surface area contributed by atoms with Crippen molar-refractivity contribution >= 4 is 22.8 Å². The van der Waals surface area contributed by atoms with Crippen LogP contribution in [-0.4, -0.2) is 25.7 Å². The van der Waals surface area contributed by atoms with Crippen LogP contribution in [0.1, 0.15) is 22.8 Å². The minimum atomic E-state index is -0.228. The number of hydrogen-bond donors (Lipinski definition) is 1. The van der Waals surface area contributed by atoms with E-state index >= 15 is 0 Å². The number of nitrogens with zero attached hydrogens (tertiary/aromatic N) is 4. The normalized spacial score (nSPS) is 10.9. The molecule has 4 rings (SSSR count). The Morgan fingerprint density at radius 2 is 1.96 bits per heavy atom. The molecule has 0 atom stereocenters. The van der Waals surface area contributed by atoms with Gasteiger partial charge in [0.2, 0.25) is 0 Å². The number of carbonyl (C=O) groups excluding carboxylic acids is 1. The van der Waals surface area contributed by atoms with Gasteiger partial charge in [0.1, 0.15) is 5.82 Å². The average Bonchev–Trinajstić information content (AvgIpc) is 3.11. The second kappa shape index (κ2) is 6.99. The van der Waals surface area contributed by atoms with Gasteiger partial charge in [-0.25, -0.2) is 14.6 Å². The third-order valence-corrected chi connectivity index (χ3v) is 4.38. The van der Waals surface area contributed by atoms with E-state index < -0.39 is 0 Å². The molecule has 3 heterocycles. The number of hydrogen-bond acceptors (Lipinski definition) is 4. The van der Waals surface area contributed by atoms with Gasteiger partial charge in [0.25, 0.3) is 5.91 Å². The summed E-state index contributed by atoms with van der Waals surface area (Å²) in [7, 11) is 0. The van der Waals surface area contributed by atoms with E-state index in [2.05, 4.69) is 15.4 Å². The van der Waals surface area contributed by atoms with E-state index in [-0.39, 0.29) is 5.91 Å². The van der Waals surface area contributed by atoms with Gasteiger partial charge in [0.15, 0.2) is 5.65 Å². The molecule has 0 bridgehead atoms. The number of fused-ring (bicyclic) bond motifs is 1. The van der Waals surface area contributed by atoms with Gasteiger partial charge in [0.05, 0.1) is 22.8 Å². The zero-order valence-corrected chi connectivity index (χ0v) is 15.2. The number of benzene rings is 1. The van der Waals surface area contributed by atoms with Crippen molar-refractivity contribution in [3.63, 3.8) is 0 Å². The number of aromatic nitrogens is 4. The maximum absolute atomic E-state index is 13.0. The van der Waals surface area contributed by atoms with Gasteiger partial charge in [0, 0.05) is 18.3 Å². The summed E-state index contributed by atoms with van der Waals surface area (Å²) in [5.74, 6) is 0.294. The smallest absolute Gasteiger partial charge is 0.257 e. The lowest BCUT2D eigenvalue weighted by Gasteiger charge is -2.09. The van der Waals surface area contributed by atoms with E-state index in [0.717, 1.165) is 22.2 Å². The largest absolute Gasteiger partial charge is 0.307 e. The molecule has 1 aromatic carbocycles. The topological polar surface area (TPSA) is 72.7 Å². The molecule has 6 heteroatoms. The van der Waals surface area contributed by atoms with Gasteiger partial charge in [-0.1, -0.05) is 30.3 Å². The summed E-state index contributed by atoms with van der Waals surface area (Å²) in [6.45, 7) is 4.63. The summed E-state index contributed by atoms with van der Waals surface area (Å²) in [5, 5.41) is 7.98. The summed E-state index contributed by atoms with van der Waals surface area (Å²) in [6.07, 6.45) is 3.37. The molecule has 3 aromatic heterocycles. The monoisotopic (exact) mass is 357 g/mol. The van der Waals surface area contributed by atoms with Crippen molar-refractivity contribution in [2.75, 3.05) is 5.32 Å². The van der Waals surface area contributed by atoms with E-state index in [1.807, 2.05) is 62.4 Å². The van der Waals surface area contributed by atoms with Crippen molar-refractivity contribution < 1.29 is 4.79 Å². The minimum Gasteiger partial charge on any atom is -0.307 e. The van der Waals surface area contributed by atoms with Crippen LogP contribution in [-0.2, 0) is 6.54 Å². The first-order valence-corrected chi connectivity index (χ1v) is 8.81. The van der Waals surface area contributed by atoms with Gasteiger partial charge in [-0.15, -0.1) is 0 Å². The zero-order chi connectivity index (χ0) is 18.8. The van der Waals surface area contributed by atoms with Crippen LogP contribution in [0.15, 0.2) is 60.9 Å². The van der Waals surface area contributed by atoms with E-state index in [9.17, 15) is 4.79 Å². The predicted octanol–water partition coefficient (Wildman–Crippen LogP) is 4.07. The molecule has 0 saturated heterocycles. The second-order valence-corrected chi connectivity index (χ2v) is 6.29. The van der Waals surface area contributed by atoms with Crippen molar-refractivity contribution in [2.24, 2.45) is 0 Å². The van der Waals surface area contributed by atoms with Crippen LogP contribution < -0.4 is 5.32 Å². The maximum Gasteiger partial charge on any atom is 0.257 e. The Morgan fingerprint density at radius 3 is 2.70 bits per heavy atom. The standard InChI is InChI=1S/C21H19N5O/c1-3-26-20-17(13-23-26)16(12-18(24-20)15-7-5-4-6-8-15)21(27)25-19-11-14(2)9-10-22-19/h4-13H,3H2,1-2H3,(H,22,25,27). The Hall–Kier alpha value is -3.54. The van der Waals surface area contributed by atoms with Crippen LogP contribution >= 0.6 is 0 Å². The number of aryl methyl sites for hydroxylation is 2. The Balaban J connectivity index is 1.83. The SMILES string of the molecule is CCn1ncc2c(C(=O)Nc3cc(C)ccn3)cc(-c3ccccc3)nc21. The van der Waals surface area contributed by atoms with E-state index in [0.29, 0.717) is 23.6 Å². The van der Waals surface area contributed by atoms with Gasteiger partial charge in [-0.2, -0.15) is 5.10 Å². The predicted molar refractivity (Wildman–Crippen MR) is 106 cm³/mol. The summed E-state index contributed by atoms with van der Waals surface area (Å²) < 4.78 is 1.80. The minimum absolute atomic E-state index is 0.228. The van der Waals surface area contributed by atoms with Crippen LogP contribution in [0.3, 0.4) is 0 Å². The highest BCUT2D eigenvalue weighted by atomic mass is 16.1. The molecule has 27 heavy (non-hydrogen) atoms. The first-order chi connectivity index (χ1) is 13.2. The molecule has 6 nitrogen and oxygen atoms in total. The van der Waals surface area contributed by atoms with E-state index in [4.69, 9.17) is 4.98 Å². The number of rotatable bonds is 4. The molecular formula is C21H19N5O. The highest BCUT2D eigenvalue weighted by Crippen LogP contribution is 2.25. The summed E-state index contributed by atoms with van der Waals surface area (Å²) in [6, 6.07) is 15.3. The fourth-order valence-corrected chi connectivity index (χ4v) is 3.01. The molecule has 1 N–H and O–H groups in total. The van der Waals surface area contributed by atoms with Gasteiger partial charge >= 0.3 is 0 Å². The molecule has 0 unspecified atom stereocenters. The Bertz CT molecular complexity index is 1120. The number of pyridine rings is 2. The quantitative estimate of drug-likeness (QED) is 0.597. The summed E-state index contributed by atoms with van der Waals surface area (Å²) >= 11 is 0. The Labute approximate surface area is 156 Å². The Morgan fingerprint density at radius 1 is 1.15 bits per heavy atom. The molecular weight excluding hydrogens is 338 g/mol. The van der Waals surface area contributed by atoms with Crippen molar-refractivity contribution in [1.82, 2.24) is 19.7 Å². The molecule has 134 valence electrons. The zero-order valence-electron chi connectivity index (χ0n) is 15.2. The van der Waals surface area contributed by atoms with Crippen LogP contribution in [0, 0.1) is 6.92 Å². The molecule has 0 spiro atoms. The number of nitrogens with one attached hydrogen (secondary N) is 1. The van der Waals surface area contributed by atoms with E-state index in [1.165, 1.54) is 0 Å². The Kier molecular flexibility index (Phi) is 4.38. The highest BCUT2D eigenvalue weighted by Gasteiger charge is 2.17. The molecule has 1 amide bonds. The second-order valence-electron chi connectivity index (χ2n) is 6.29. The van der Waals surface area contributed by atoms with E-state index in [1.54, 1.807) is 17.1 Å². The van der Waals surface area contributed by atoms with Gasteiger partial charge in [-0.3, -0.25) is 4.79 Å². The molecule has 4 aromatic rings. The lowest BCUT2D eigenvalue weighted by molar-refractivity contribution is 0.102. The molecule has 0 saturated carbocycles. The molecule has 0 aliphatic heterocycles. The van der Waals surface area contributed by atoms with Crippen molar-refractivity contribution in [2.45, 2.75) is 20.4 Å². The third-order valence-electron chi connectivity index (χ3n) is 4.38. The average molecular weight is 357 g/mol. The summed E-state index contributed by atoms with van der Waals surface area (Å²) in [5.41, 5.74) is 3.94. The number of carbonyl (C=O) groups is 1. The van der Waals surface area contributed by atoms with Gasteiger partial charge in [-0.05, 0) is 37.6 Å². The first kappa shape index (κ1) is 16.9. The lowest BCUT2D eigenvalue weighted by Crippen LogP contribution is -2.14. The van der Waals surface area contributed by atoms with Crippen molar-refractivity contribution in [3.05, 3.63) is 72.1 Å². The number of amides is 1. The fourth-order valence-electron chi connectivity index (χ4n) is 3.01. The molecule has 0 radical (unpaired) electrons. The van der Waals surface area contributed by atoms with Crippen molar-refractivity contribution in [3.8, 4) is 11.3 Å². The van der Waals surface area contributed by atoms with Crippen LogP contribution in [0.2, 0.25) is 0 Å². The number of anilines is 1. The maximum atomic E-state index is 13.0. The lowest BCUT2D eigenvalue weighted by atomic mass is 10.1. The molecule has 0 aliphatic carbocycles. The van der Waals surface area contributed by atoms with Gasteiger partial charge < -0.3 is 5.32 Å². The third kappa shape index (κ3) is 3.29. The van der Waals surface area contributed by atoms with Crippen LogP contribution in [0.25, 0.3) is 22.3 Å². The fraction of sp³-hybridized carbons (Fsp3) is 0.143. The molecule has 0 aliphatic rings. The van der Waals surface area contributed by atoms with Crippen LogP contribution in [0.5, 0.6) is 0 Å². The molecule has 0 fully saturated rings. The van der Waals surface area contributed by atoms with Crippen molar-refractivity contribution in [1.29, 1.82) is 0 Å². The first-order valence-electron chi connectivity index (χ1n) is 8.81. The highest BCUT2D eigenvalue weighted by molar-refractivity contribution is 6.12.